The molecule has 0 aromatic carbocycles. The maximum Gasteiger partial charge on any atom is 0.00724 e. The molecule has 2 N–H and O–H groups in total. The van der Waals surface area contributed by atoms with E-state index in [0.29, 0.717) is 6.04 Å². The summed E-state index contributed by atoms with van der Waals surface area (Å²) in [5.41, 5.74) is 6.60. The van der Waals surface area contributed by atoms with Crippen molar-refractivity contribution < 1.29 is 0 Å². The van der Waals surface area contributed by atoms with Gasteiger partial charge in [-0.15, -0.1) is 0 Å². The van der Waals surface area contributed by atoms with E-state index in [-0.39, 0.29) is 0 Å². The van der Waals surface area contributed by atoms with Gasteiger partial charge >= 0.3 is 0 Å². The molecule has 2 saturated carbocycles. The van der Waals surface area contributed by atoms with E-state index < -0.39 is 0 Å². The number of nitrogens with two attached hydrogens (primary N) is 1. The molecule has 2 aliphatic rings. The third kappa shape index (κ3) is 3.98. The van der Waals surface area contributed by atoms with Crippen LogP contribution in [0.5, 0.6) is 0 Å². The highest BCUT2D eigenvalue weighted by atomic mass is 14.7. The van der Waals surface area contributed by atoms with E-state index in [0.717, 1.165) is 17.8 Å². The van der Waals surface area contributed by atoms with Gasteiger partial charge in [-0.05, 0) is 30.6 Å². The van der Waals surface area contributed by atoms with Gasteiger partial charge in [-0.2, -0.15) is 0 Å². The van der Waals surface area contributed by atoms with Crippen molar-refractivity contribution in [3.63, 3.8) is 0 Å². The van der Waals surface area contributed by atoms with Crippen LogP contribution in [-0.2, 0) is 0 Å². The molecule has 0 amide bonds. The first-order valence-electron chi connectivity index (χ1n) is 8.56. The third-order valence-corrected chi connectivity index (χ3v) is 5.62. The first kappa shape index (κ1) is 14.4. The van der Waals surface area contributed by atoms with Crippen LogP contribution in [0.3, 0.4) is 0 Å². The molecule has 1 heteroatoms. The van der Waals surface area contributed by atoms with Crippen molar-refractivity contribution in [1.29, 1.82) is 0 Å². The van der Waals surface area contributed by atoms with Crippen molar-refractivity contribution >= 4 is 0 Å². The molecule has 106 valence electrons. The van der Waals surface area contributed by atoms with Gasteiger partial charge in [-0.25, -0.2) is 0 Å². The largest absolute Gasteiger partial charge is 0.327 e. The first-order chi connectivity index (χ1) is 8.81. The Bertz CT molecular complexity index is 218. The van der Waals surface area contributed by atoms with Crippen LogP contribution in [-0.4, -0.2) is 6.04 Å². The topological polar surface area (TPSA) is 26.0 Å². The molecule has 2 rings (SSSR count). The molecular weight excluding hydrogens is 218 g/mol. The summed E-state index contributed by atoms with van der Waals surface area (Å²) in [7, 11) is 0. The van der Waals surface area contributed by atoms with Gasteiger partial charge in [0.15, 0.2) is 0 Å². The van der Waals surface area contributed by atoms with E-state index in [9.17, 15) is 0 Å². The molecule has 18 heavy (non-hydrogen) atoms. The predicted octanol–water partition coefficient (Wildman–Crippen LogP) is 4.89. The summed E-state index contributed by atoms with van der Waals surface area (Å²) in [5, 5.41) is 0. The van der Waals surface area contributed by atoms with E-state index in [1.807, 2.05) is 0 Å². The van der Waals surface area contributed by atoms with Gasteiger partial charge in [-0.3, -0.25) is 0 Å². The van der Waals surface area contributed by atoms with Gasteiger partial charge in [0.1, 0.15) is 0 Å². The summed E-state index contributed by atoms with van der Waals surface area (Å²) in [5.74, 6) is 2.72. The molecule has 0 aliphatic heterocycles. The molecule has 0 saturated heterocycles. The minimum Gasteiger partial charge on any atom is -0.327 e. The third-order valence-electron chi connectivity index (χ3n) is 5.62. The zero-order valence-electron chi connectivity index (χ0n) is 12.4. The van der Waals surface area contributed by atoms with E-state index in [1.165, 1.54) is 77.0 Å². The highest BCUT2D eigenvalue weighted by molar-refractivity contribution is 4.84. The lowest BCUT2D eigenvalue weighted by atomic mass is 9.72. The van der Waals surface area contributed by atoms with Crippen LogP contribution < -0.4 is 5.73 Å². The van der Waals surface area contributed by atoms with Gasteiger partial charge in [0, 0.05) is 6.04 Å². The molecule has 1 nitrogen and oxygen atoms in total. The molecule has 0 bridgehead atoms. The SMILES string of the molecule is CCC1CCCCC1C(N)CC1CCCCCC1. The van der Waals surface area contributed by atoms with Crippen LogP contribution >= 0.6 is 0 Å². The number of rotatable bonds is 4. The van der Waals surface area contributed by atoms with Gasteiger partial charge in [0.2, 0.25) is 0 Å². The first-order valence-corrected chi connectivity index (χ1v) is 8.56. The lowest BCUT2D eigenvalue weighted by Crippen LogP contribution is -2.38. The van der Waals surface area contributed by atoms with Gasteiger partial charge in [0.05, 0.1) is 0 Å². The average molecular weight is 251 g/mol. The highest BCUT2D eigenvalue weighted by Gasteiger charge is 2.30. The quantitative estimate of drug-likeness (QED) is 0.707. The van der Waals surface area contributed by atoms with Gasteiger partial charge < -0.3 is 5.73 Å². The van der Waals surface area contributed by atoms with Crippen molar-refractivity contribution in [1.82, 2.24) is 0 Å². The van der Waals surface area contributed by atoms with Crippen molar-refractivity contribution in [3.8, 4) is 0 Å². The Kier molecular flexibility index (Phi) is 6.01. The molecular formula is C17H33N. The maximum absolute atomic E-state index is 6.60. The average Bonchev–Trinajstić information content (AvgIpc) is 2.67. The van der Waals surface area contributed by atoms with Gasteiger partial charge in [0.25, 0.3) is 0 Å². The monoisotopic (exact) mass is 251 g/mol. The van der Waals surface area contributed by atoms with E-state index in [2.05, 4.69) is 6.92 Å². The molecule has 2 aliphatic carbocycles. The van der Waals surface area contributed by atoms with Crippen LogP contribution in [0, 0.1) is 17.8 Å². The van der Waals surface area contributed by atoms with Crippen molar-refractivity contribution in [3.05, 3.63) is 0 Å². The standard InChI is InChI=1S/C17H33N/c1-2-15-11-7-8-12-16(15)17(18)13-14-9-5-3-4-6-10-14/h14-17H,2-13,18H2,1H3. The maximum atomic E-state index is 6.60. The molecule has 3 atom stereocenters. The summed E-state index contributed by atoms with van der Waals surface area (Å²) in [4.78, 5) is 0. The summed E-state index contributed by atoms with van der Waals surface area (Å²) in [6.07, 6.45) is 17.2. The van der Waals surface area contributed by atoms with Crippen LogP contribution in [0.25, 0.3) is 0 Å². The Hall–Kier alpha value is -0.0400. The molecule has 0 radical (unpaired) electrons. The van der Waals surface area contributed by atoms with Crippen molar-refractivity contribution in [2.75, 3.05) is 0 Å². The van der Waals surface area contributed by atoms with Crippen LogP contribution in [0.1, 0.15) is 84.0 Å². The fourth-order valence-corrected chi connectivity index (χ4v) is 4.47. The predicted molar refractivity (Wildman–Crippen MR) is 79.5 cm³/mol. The second-order valence-corrected chi connectivity index (χ2v) is 6.87. The van der Waals surface area contributed by atoms with Crippen molar-refractivity contribution in [2.45, 2.75) is 90.0 Å². The Morgan fingerprint density at radius 3 is 2.17 bits per heavy atom. The summed E-state index contributed by atoms with van der Waals surface area (Å²) in [6, 6.07) is 0.498. The summed E-state index contributed by atoms with van der Waals surface area (Å²) < 4.78 is 0. The Balaban J connectivity index is 1.82. The molecule has 2 fully saturated rings. The molecule has 0 heterocycles. The summed E-state index contributed by atoms with van der Waals surface area (Å²) >= 11 is 0. The molecule has 0 aromatic rings. The van der Waals surface area contributed by atoms with Crippen LogP contribution in [0.4, 0.5) is 0 Å². The Morgan fingerprint density at radius 1 is 0.889 bits per heavy atom. The lowest BCUT2D eigenvalue weighted by Gasteiger charge is -2.36. The number of hydrogen-bond donors (Lipinski definition) is 1. The second-order valence-electron chi connectivity index (χ2n) is 6.87. The van der Waals surface area contributed by atoms with Crippen LogP contribution in [0.2, 0.25) is 0 Å². The zero-order valence-corrected chi connectivity index (χ0v) is 12.4. The smallest absolute Gasteiger partial charge is 0.00724 e. The lowest BCUT2D eigenvalue weighted by molar-refractivity contribution is 0.175. The van der Waals surface area contributed by atoms with Gasteiger partial charge in [-0.1, -0.05) is 71.1 Å². The van der Waals surface area contributed by atoms with E-state index in [4.69, 9.17) is 5.73 Å². The molecule has 0 spiro atoms. The molecule has 3 unspecified atom stereocenters. The minimum absolute atomic E-state index is 0.498. The van der Waals surface area contributed by atoms with Crippen LogP contribution in [0.15, 0.2) is 0 Å². The number of hydrogen-bond acceptors (Lipinski definition) is 1. The Labute approximate surface area is 114 Å². The van der Waals surface area contributed by atoms with E-state index in [1.54, 1.807) is 0 Å². The molecule has 0 aromatic heterocycles. The minimum atomic E-state index is 0.498. The Morgan fingerprint density at radius 2 is 1.50 bits per heavy atom. The fourth-order valence-electron chi connectivity index (χ4n) is 4.47. The highest BCUT2D eigenvalue weighted by Crippen LogP contribution is 2.37. The normalized spacial score (nSPS) is 33.0. The van der Waals surface area contributed by atoms with Crippen molar-refractivity contribution in [2.24, 2.45) is 23.5 Å². The summed E-state index contributed by atoms with van der Waals surface area (Å²) in [6.45, 7) is 2.36. The van der Waals surface area contributed by atoms with E-state index >= 15 is 0 Å². The fraction of sp³-hybridized carbons (Fsp3) is 1.00. The second kappa shape index (κ2) is 7.53. The zero-order chi connectivity index (χ0) is 12.8.